The average molecular weight is 328 g/mol. The summed E-state index contributed by atoms with van der Waals surface area (Å²) in [6.07, 6.45) is 6.89. The summed E-state index contributed by atoms with van der Waals surface area (Å²) in [5.41, 5.74) is 7.06. The summed E-state index contributed by atoms with van der Waals surface area (Å²) in [6, 6.07) is 8.18. The molecule has 2 aliphatic rings. The summed E-state index contributed by atoms with van der Waals surface area (Å²) in [4.78, 5) is 15.4. The first-order valence-electron chi connectivity index (χ1n) is 8.13. The molecule has 1 heterocycles. The van der Waals surface area contributed by atoms with Crippen LogP contribution in [-0.2, 0) is 0 Å². The molecule has 2 aromatic rings. The van der Waals surface area contributed by atoms with Crippen molar-refractivity contribution in [1.82, 2.24) is 21.2 Å². The number of rotatable bonds is 2. The molecular weight excluding hydrogens is 308 g/mol. The molecule has 0 spiro atoms. The topological polar surface area (TPSA) is 69.0 Å². The van der Waals surface area contributed by atoms with E-state index in [1.54, 1.807) is 6.20 Å². The number of amides is 1. The Kier molecular flexibility index (Phi) is 3.69. The second-order valence-electron chi connectivity index (χ2n) is 6.58. The number of hydrazine groups is 1. The Labute approximate surface area is 140 Å². The summed E-state index contributed by atoms with van der Waals surface area (Å²) in [7, 11) is 0. The molecule has 6 heteroatoms. The summed E-state index contributed by atoms with van der Waals surface area (Å²) < 4.78 is 0. The van der Waals surface area contributed by atoms with Crippen LogP contribution in [0, 0.1) is 11.8 Å². The zero-order chi connectivity index (χ0) is 15.8. The van der Waals surface area contributed by atoms with E-state index in [1.807, 2.05) is 24.3 Å². The van der Waals surface area contributed by atoms with Gasteiger partial charge in [-0.3, -0.25) is 15.6 Å². The normalized spacial score (nSPS) is 25.5. The third kappa shape index (κ3) is 2.79. The van der Waals surface area contributed by atoms with Gasteiger partial charge in [-0.15, -0.1) is 0 Å². The van der Waals surface area contributed by atoms with Crippen molar-refractivity contribution in [2.45, 2.75) is 31.7 Å². The van der Waals surface area contributed by atoms with Crippen LogP contribution < -0.4 is 16.2 Å². The van der Waals surface area contributed by atoms with E-state index in [9.17, 15) is 4.79 Å². The van der Waals surface area contributed by atoms with Crippen LogP contribution >= 0.6 is 12.2 Å². The predicted octanol–water partition coefficient (Wildman–Crippen LogP) is 2.47. The maximum Gasteiger partial charge on any atom is 0.271 e. The molecule has 4 N–H and O–H groups in total. The summed E-state index contributed by atoms with van der Waals surface area (Å²) in [5, 5.41) is 4.74. The maximum absolute atomic E-state index is 12.3. The molecule has 1 amide bonds. The lowest BCUT2D eigenvalue weighted by molar-refractivity contribution is 0.0945. The van der Waals surface area contributed by atoms with E-state index < -0.39 is 0 Å². The standard InChI is InChI=1S/C17H20N4OS/c22-16(13-9-18-14-4-2-1-3-12(13)14)20-21-17(23)19-15-8-10-5-6-11(15)7-10/h1-4,9-11,15,18H,5-8H2,(H,20,22)(H2,19,21,23)/t10-,11-,15-/m0/s1. The number of fused-ring (bicyclic) bond motifs is 3. The van der Waals surface area contributed by atoms with Gasteiger partial charge in [0, 0.05) is 23.1 Å². The van der Waals surface area contributed by atoms with E-state index in [2.05, 4.69) is 21.2 Å². The molecule has 0 unspecified atom stereocenters. The lowest BCUT2D eigenvalue weighted by Gasteiger charge is -2.24. The van der Waals surface area contributed by atoms with Gasteiger partial charge in [0.05, 0.1) is 5.56 Å². The highest BCUT2D eigenvalue weighted by atomic mass is 32.1. The lowest BCUT2D eigenvalue weighted by atomic mass is 9.96. The fraction of sp³-hybridized carbons (Fsp3) is 0.412. The van der Waals surface area contributed by atoms with E-state index in [1.165, 1.54) is 25.7 Å². The second kappa shape index (κ2) is 5.85. The van der Waals surface area contributed by atoms with Crippen molar-refractivity contribution in [2.75, 3.05) is 0 Å². The highest BCUT2D eigenvalue weighted by Gasteiger charge is 2.39. The Hall–Kier alpha value is -2.08. The molecule has 23 heavy (non-hydrogen) atoms. The van der Waals surface area contributed by atoms with Crippen LogP contribution in [0.4, 0.5) is 0 Å². The van der Waals surface area contributed by atoms with Crippen molar-refractivity contribution in [3.8, 4) is 0 Å². The van der Waals surface area contributed by atoms with Gasteiger partial charge >= 0.3 is 0 Å². The molecule has 2 bridgehead atoms. The quantitative estimate of drug-likeness (QED) is 0.505. The first kappa shape index (κ1) is 14.5. The van der Waals surface area contributed by atoms with Gasteiger partial charge in [-0.05, 0) is 49.4 Å². The Bertz CT molecular complexity index is 756. The lowest BCUT2D eigenvalue weighted by Crippen LogP contribution is -2.50. The number of para-hydroxylation sites is 1. The Morgan fingerprint density at radius 3 is 2.83 bits per heavy atom. The molecule has 1 aromatic carbocycles. The van der Waals surface area contributed by atoms with Gasteiger partial charge in [-0.25, -0.2) is 0 Å². The number of hydrogen-bond acceptors (Lipinski definition) is 2. The van der Waals surface area contributed by atoms with Gasteiger partial charge in [0.25, 0.3) is 5.91 Å². The summed E-state index contributed by atoms with van der Waals surface area (Å²) in [6.45, 7) is 0. The van der Waals surface area contributed by atoms with Crippen molar-refractivity contribution in [3.05, 3.63) is 36.0 Å². The molecule has 2 saturated carbocycles. The monoisotopic (exact) mass is 328 g/mol. The zero-order valence-electron chi connectivity index (χ0n) is 12.8. The van der Waals surface area contributed by atoms with Gasteiger partial charge in [-0.1, -0.05) is 24.6 Å². The number of carbonyl (C=O) groups excluding carboxylic acids is 1. The number of carbonyl (C=O) groups is 1. The van der Waals surface area contributed by atoms with E-state index in [0.29, 0.717) is 16.7 Å². The van der Waals surface area contributed by atoms with Crippen LogP contribution in [0.5, 0.6) is 0 Å². The van der Waals surface area contributed by atoms with Crippen LogP contribution in [-0.4, -0.2) is 22.0 Å². The third-order valence-corrected chi connectivity index (χ3v) is 5.40. The van der Waals surface area contributed by atoms with Gasteiger partial charge in [0.1, 0.15) is 0 Å². The molecule has 0 saturated heterocycles. The number of hydrogen-bond donors (Lipinski definition) is 4. The molecule has 120 valence electrons. The number of benzene rings is 1. The molecular formula is C17H20N4OS. The minimum absolute atomic E-state index is 0.195. The van der Waals surface area contributed by atoms with E-state index in [0.717, 1.165) is 22.7 Å². The number of nitrogens with one attached hydrogen (secondary N) is 4. The minimum atomic E-state index is -0.195. The molecule has 5 nitrogen and oxygen atoms in total. The highest BCUT2D eigenvalue weighted by molar-refractivity contribution is 7.80. The summed E-state index contributed by atoms with van der Waals surface area (Å²) >= 11 is 5.31. The van der Waals surface area contributed by atoms with Crippen LogP contribution in [0.1, 0.15) is 36.0 Å². The van der Waals surface area contributed by atoms with Crippen molar-refractivity contribution < 1.29 is 4.79 Å². The highest BCUT2D eigenvalue weighted by Crippen LogP contribution is 2.44. The van der Waals surface area contributed by atoms with Crippen molar-refractivity contribution in [3.63, 3.8) is 0 Å². The SMILES string of the molecule is O=C(NNC(=S)N[C@H]1C[C@H]2CC[C@H]1C2)c1c[nH]c2ccccc12. The van der Waals surface area contributed by atoms with Crippen molar-refractivity contribution in [1.29, 1.82) is 0 Å². The van der Waals surface area contributed by atoms with E-state index in [-0.39, 0.29) is 5.91 Å². The average Bonchev–Trinajstić information content (AvgIpc) is 3.27. The number of aromatic amines is 1. The molecule has 2 fully saturated rings. The number of H-pyrrole nitrogens is 1. The van der Waals surface area contributed by atoms with E-state index in [4.69, 9.17) is 12.2 Å². The molecule has 3 atom stereocenters. The Balaban J connectivity index is 1.33. The van der Waals surface area contributed by atoms with Crippen molar-refractivity contribution >= 4 is 34.1 Å². The fourth-order valence-electron chi connectivity index (χ4n) is 4.07. The van der Waals surface area contributed by atoms with Gasteiger partial charge < -0.3 is 10.3 Å². The maximum atomic E-state index is 12.3. The van der Waals surface area contributed by atoms with Crippen LogP contribution in [0.2, 0.25) is 0 Å². The largest absolute Gasteiger partial charge is 0.360 e. The zero-order valence-corrected chi connectivity index (χ0v) is 13.6. The van der Waals surface area contributed by atoms with Crippen LogP contribution in [0.25, 0.3) is 10.9 Å². The first-order chi connectivity index (χ1) is 11.2. The second-order valence-corrected chi connectivity index (χ2v) is 6.99. The van der Waals surface area contributed by atoms with Crippen LogP contribution in [0.15, 0.2) is 30.5 Å². The molecule has 0 aliphatic heterocycles. The molecule has 0 radical (unpaired) electrons. The number of thiocarbonyl (C=S) groups is 1. The fourth-order valence-corrected chi connectivity index (χ4v) is 4.27. The van der Waals surface area contributed by atoms with Gasteiger partial charge in [0.2, 0.25) is 0 Å². The van der Waals surface area contributed by atoms with E-state index >= 15 is 0 Å². The molecule has 4 rings (SSSR count). The first-order valence-corrected chi connectivity index (χ1v) is 8.54. The minimum Gasteiger partial charge on any atom is -0.360 e. The third-order valence-electron chi connectivity index (χ3n) is 5.18. The van der Waals surface area contributed by atoms with Gasteiger partial charge in [0.15, 0.2) is 5.11 Å². The predicted molar refractivity (Wildman–Crippen MR) is 93.9 cm³/mol. The molecule has 1 aromatic heterocycles. The number of aromatic nitrogens is 1. The Morgan fingerprint density at radius 1 is 1.17 bits per heavy atom. The smallest absolute Gasteiger partial charge is 0.271 e. The Morgan fingerprint density at radius 2 is 2.04 bits per heavy atom. The summed E-state index contributed by atoms with van der Waals surface area (Å²) in [5.74, 6) is 1.41. The van der Waals surface area contributed by atoms with Crippen molar-refractivity contribution in [2.24, 2.45) is 11.8 Å². The molecule has 2 aliphatic carbocycles. The van der Waals surface area contributed by atoms with Gasteiger partial charge in [-0.2, -0.15) is 0 Å². The van der Waals surface area contributed by atoms with Crippen LogP contribution in [0.3, 0.4) is 0 Å².